The Kier molecular flexibility index (Phi) is 7.50. The van der Waals surface area contributed by atoms with Gasteiger partial charge in [0, 0.05) is 6.04 Å². The first-order chi connectivity index (χ1) is 9.17. The zero-order valence-corrected chi connectivity index (χ0v) is 12.8. The molecule has 0 aliphatic carbocycles. The molecule has 1 heteroatoms. The van der Waals surface area contributed by atoms with Crippen molar-refractivity contribution < 1.29 is 0 Å². The number of benzene rings is 1. The maximum absolute atomic E-state index is 3.77. The van der Waals surface area contributed by atoms with E-state index in [1.165, 1.54) is 42.4 Å². The van der Waals surface area contributed by atoms with Crippen molar-refractivity contribution in [1.29, 1.82) is 0 Å². The molecule has 0 bridgehead atoms. The number of hydrogen-bond acceptors (Lipinski definition) is 1. The number of likely N-dealkylation sites (N-methyl/N-ethyl adjacent to an activating group) is 1. The number of hydrogen-bond donors (Lipinski definition) is 1. The van der Waals surface area contributed by atoms with Crippen LogP contribution in [0.2, 0.25) is 0 Å². The van der Waals surface area contributed by atoms with Crippen molar-refractivity contribution in [2.24, 2.45) is 0 Å². The summed E-state index contributed by atoms with van der Waals surface area (Å²) in [5.74, 6) is 0. The van der Waals surface area contributed by atoms with Crippen LogP contribution in [-0.2, 0) is 6.42 Å². The Morgan fingerprint density at radius 3 is 2.68 bits per heavy atom. The first-order valence-electron chi connectivity index (χ1n) is 7.51. The second kappa shape index (κ2) is 8.92. The maximum Gasteiger partial charge on any atom is 0.0105 e. The van der Waals surface area contributed by atoms with Crippen LogP contribution in [0.3, 0.4) is 0 Å². The second-order valence-corrected chi connectivity index (χ2v) is 5.55. The molecule has 0 heterocycles. The third-order valence-electron chi connectivity index (χ3n) is 3.84. The molecule has 1 aromatic rings. The third kappa shape index (κ3) is 6.07. The number of rotatable bonds is 9. The average Bonchev–Trinajstić information content (AvgIpc) is 2.41. The second-order valence-electron chi connectivity index (χ2n) is 5.55. The minimum Gasteiger partial charge on any atom is -0.317 e. The predicted molar refractivity (Wildman–Crippen MR) is 85.7 cm³/mol. The number of allylic oxidation sites excluding steroid dienone is 1. The summed E-state index contributed by atoms with van der Waals surface area (Å²) < 4.78 is 0. The van der Waals surface area contributed by atoms with E-state index in [0.717, 1.165) is 12.8 Å². The third-order valence-corrected chi connectivity index (χ3v) is 3.84. The summed E-state index contributed by atoms with van der Waals surface area (Å²) in [5, 5.41) is 3.47. The van der Waals surface area contributed by atoms with E-state index in [-0.39, 0.29) is 0 Å². The fourth-order valence-electron chi connectivity index (χ4n) is 2.49. The molecule has 1 rings (SSSR count). The van der Waals surface area contributed by atoms with Crippen LogP contribution in [0.5, 0.6) is 0 Å². The fourth-order valence-corrected chi connectivity index (χ4v) is 2.49. The molecule has 0 saturated carbocycles. The van der Waals surface area contributed by atoms with Crippen LogP contribution in [0.4, 0.5) is 0 Å². The van der Waals surface area contributed by atoms with Crippen molar-refractivity contribution in [3.05, 3.63) is 47.5 Å². The van der Waals surface area contributed by atoms with Crippen LogP contribution in [0.15, 0.2) is 30.9 Å². The van der Waals surface area contributed by atoms with Gasteiger partial charge < -0.3 is 5.32 Å². The first kappa shape index (κ1) is 16.0. The van der Waals surface area contributed by atoms with Crippen LogP contribution in [0.1, 0.15) is 48.8 Å². The molecule has 1 atom stereocenters. The summed E-state index contributed by atoms with van der Waals surface area (Å²) in [6.45, 7) is 8.16. The Morgan fingerprint density at radius 1 is 1.21 bits per heavy atom. The lowest BCUT2D eigenvalue weighted by Gasteiger charge is -2.18. The Morgan fingerprint density at radius 2 is 2.00 bits per heavy atom. The largest absolute Gasteiger partial charge is 0.317 e. The van der Waals surface area contributed by atoms with Gasteiger partial charge in [-0.2, -0.15) is 0 Å². The van der Waals surface area contributed by atoms with E-state index < -0.39 is 0 Å². The normalized spacial score (nSPS) is 12.4. The smallest absolute Gasteiger partial charge is 0.0105 e. The quantitative estimate of drug-likeness (QED) is 0.506. The van der Waals surface area contributed by atoms with Gasteiger partial charge in [-0.1, -0.05) is 42.7 Å². The summed E-state index contributed by atoms with van der Waals surface area (Å²) >= 11 is 0. The van der Waals surface area contributed by atoms with Crippen molar-refractivity contribution in [3.63, 3.8) is 0 Å². The first-order valence-corrected chi connectivity index (χ1v) is 7.51. The maximum atomic E-state index is 3.77. The lowest BCUT2D eigenvalue weighted by Crippen LogP contribution is -2.27. The van der Waals surface area contributed by atoms with E-state index in [1.807, 2.05) is 6.08 Å². The van der Waals surface area contributed by atoms with Crippen LogP contribution in [0, 0.1) is 13.8 Å². The number of unbranched alkanes of at least 4 members (excludes halogenated alkanes) is 3. The molecular formula is C18H29N. The van der Waals surface area contributed by atoms with Gasteiger partial charge >= 0.3 is 0 Å². The van der Waals surface area contributed by atoms with Crippen molar-refractivity contribution in [2.45, 2.75) is 58.4 Å². The minimum absolute atomic E-state index is 0.601. The summed E-state index contributed by atoms with van der Waals surface area (Å²) in [7, 11) is 2.08. The van der Waals surface area contributed by atoms with E-state index in [4.69, 9.17) is 0 Å². The Bertz CT molecular complexity index is 381. The van der Waals surface area contributed by atoms with Gasteiger partial charge in [0.1, 0.15) is 0 Å². The van der Waals surface area contributed by atoms with E-state index in [2.05, 4.69) is 51.0 Å². The monoisotopic (exact) mass is 259 g/mol. The van der Waals surface area contributed by atoms with Gasteiger partial charge in [0.25, 0.3) is 0 Å². The number of nitrogens with one attached hydrogen (secondary N) is 1. The average molecular weight is 259 g/mol. The van der Waals surface area contributed by atoms with Gasteiger partial charge in [-0.25, -0.2) is 0 Å². The molecule has 0 amide bonds. The SMILES string of the molecule is C=CCCCCCC(Cc1cc(C)ccc1C)NC. The summed E-state index contributed by atoms with van der Waals surface area (Å²) in [4.78, 5) is 0. The molecule has 0 aliphatic rings. The van der Waals surface area contributed by atoms with E-state index in [9.17, 15) is 0 Å². The molecule has 19 heavy (non-hydrogen) atoms. The molecular weight excluding hydrogens is 230 g/mol. The van der Waals surface area contributed by atoms with Gasteiger partial charge in [0.2, 0.25) is 0 Å². The molecule has 0 aliphatic heterocycles. The molecule has 106 valence electrons. The molecule has 1 aromatic carbocycles. The van der Waals surface area contributed by atoms with Crippen molar-refractivity contribution in [2.75, 3.05) is 7.05 Å². The minimum atomic E-state index is 0.601. The molecule has 1 nitrogen and oxygen atoms in total. The Hall–Kier alpha value is -1.08. The highest BCUT2D eigenvalue weighted by Gasteiger charge is 2.09. The van der Waals surface area contributed by atoms with E-state index in [1.54, 1.807) is 0 Å². The Labute approximate surface area is 119 Å². The van der Waals surface area contributed by atoms with E-state index >= 15 is 0 Å². The topological polar surface area (TPSA) is 12.0 Å². The molecule has 0 fully saturated rings. The predicted octanol–water partition coefficient (Wildman–Crippen LogP) is 4.57. The molecule has 0 aromatic heterocycles. The van der Waals surface area contributed by atoms with Crippen LogP contribution < -0.4 is 5.32 Å². The van der Waals surface area contributed by atoms with Crippen molar-refractivity contribution in [1.82, 2.24) is 5.32 Å². The molecule has 0 saturated heterocycles. The van der Waals surface area contributed by atoms with Crippen LogP contribution in [0.25, 0.3) is 0 Å². The lowest BCUT2D eigenvalue weighted by atomic mass is 9.96. The highest BCUT2D eigenvalue weighted by molar-refractivity contribution is 5.31. The zero-order chi connectivity index (χ0) is 14.1. The van der Waals surface area contributed by atoms with Crippen molar-refractivity contribution >= 4 is 0 Å². The van der Waals surface area contributed by atoms with Gasteiger partial charge in [-0.3, -0.25) is 0 Å². The molecule has 1 unspecified atom stereocenters. The Balaban J connectivity index is 2.42. The van der Waals surface area contributed by atoms with Crippen molar-refractivity contribution in [3.8, 4) is 0 Å². The number of aryl methyl sites for hydroxylation is 2. The van der Waals surface area contributed by atoms with Crippen LogP contribution in [-0.4, -0.2) is 13.1 Å². The molecule has 0 spiro atoms. The molecule has 1 N–H and O–H groups in total. The van der Waals surface area contributed by atoms with E-state index in [0.29, 0.717) is 6.04 Å². The highest BCUT2D eigenvalue weighted by Crippen LogP contribution is 2.15. The lowest BCUT2D eigenvalue weighted by molar-refractivity contribution is 0.486. The van der Waals surface area contributed by atoms with Gasteiger partial charge in [0.15, 0.2) is 0 Å². The van der Waals surface area contributed by atoms with Crippen LogP contribution >= 0.6 is 0 Å². The summed E-state index contributed by atoms with van der Waals surface area (Å²) in [5.41, 5.74) is 4.27. The highest BCUT2D eigenvalue weighted by atomic mass is 14.9. The van der Waals surface area contributed by atoms with Gasteiger partial charge in [0.05, 0.1) is 0 Å². The fraction of sp³-hybridized carbons (Fsp3) is 0.556. The van der Waals surface area contributed by atoms with Gasteiger partial charge in [-0.05, 0) is 57.7 Å². The zero-order valence-electron chi connectivity index (χ0n) is 12.8. The van der Waals surface area contributed by atoms with Gasteiger partial charge in [-0.15, -0.1) is 6.58 Å². The summed E-state index contributed by atoms with van der Waals surface area (Å²) in [6.07, 6.45) is 9.49. The standard InChI is InChI=1S/C18H29N/c1-5-6-7-8-9-10-18(19-4)14-17-13-15(2)11-12-16(17)3/h5,11-13,18-19H,1,6-10,14H2,2-4H3. The molecule has 0 radical (unpaired) electrons. The summed E-state index contributed by atoms with van der Waals surface area (Å²) in [6, 6.07) is 7.37.